The Bertz CT molecular complexity index is 579. The summed E-state index contributed by atoms with van der Waals surface area (Å²) in [7, 11) is 0. The van der Waals surface area contributed by atoms with Crippen molar-refractivity contribution in [3.63, 3.8) is 0 Å². The minimum atomic E-state index is -1.30. The topological polar surface area (TPSA) is 0 Å². The molecular weight excluding hydrogens is 290 g/mol. The van der Waals surface area contributed by atoms with Crippen LogP contribution in [0.3, 0.4) is 0 Å². The predicted octanol–water partition coefficient (Wildman–Crippen LogP) is 3.13. The Hall–Kier alpha value is -0.611. The molecule has 0 saturated heterocycles. The maximum atomic E-state index is 3.58. The first-order valence-electron chi connectivity index (χ1n) is 5.95. The second-order valence-electron chi connectivity index (χ2n) is 4.79. The van der Waals surface area contributed by atoms with Gasteiger partial charge in [-0.25, -0.2) is 0 Å². The molecule has 0 nitrogen and oxygen atoms in total. The number of rotatable bonds is 1. The molecule has 0 amide bonds. The molecule has 2 heteroatoms. The van der Waals surface area contributed by atoms with E-state index in [1.807, 2.05) is 0 Å². The van der Waals surface area contributed by atoms with Crippen LogP contribution in [0, 0.1) is 0 Å². The summed E-state index contributed by atoms with van der Waals surface area (Å²) in [6, 6.07) is 17.8. The van der Waals surface area contributed by atoms with Crippen molar-refractivity contribution in [2.45, 2.75) is 19.5 Å². The molecule has 0 fully saturated rings. The van der Waals surface area contributed by atoms with E-state index in [2.05, 4.69) is 77.5 Å². The second-order valence-corrected chi connectivity index (χ2v) is 11.7. The van der Waals surface area contributed by atoms with Gasteiger partial charge < -0.3 is 0 Å². The van der Waals surface area contributed by atoms with E-state index < -0.39 is 5.51 Å². The van der Waals surface area contributed by atoms with Gasteiger partial charge in [-0.15, -0.1) is 0 Å². The Labute approximate surface area is 110 Å². The van der Waals surface area contributed by atoms with Crippen molar-refractivity contribution in [2.75, 3.05) is 0 Å². The Balaban J connectivity index is 2.44. The standard InChI is InChI=1S/C15H15PSe/c1-11(2)16(17)14-9-5-3-7-12(14)13-8-4-6-10-15(13)16/h3-11H,1-2H3. The molecule has 2 aromatic rings. The Morgan fingerprint density at radius 3 is 1.65 bits per heavy atom. The summed E-state index contributed by atoms with van der Waals surface area (Å²) in [4.78, 5) is 0. The van der Waals surface area contributed by atoms with E-state index in [1.165, 1.54) is 21.7 Å². The Kier molecular flexibility index (Phi) is 2.67. The van der Waals surface area contributed by atoms with Crippen molar-refractivity contribution in [3.05, 3.63) is 48.5 Å². The minimum absolute atomic E-state index is 0.660. The average Bonchev–Trinajstić information content (AvgIpc) is 2.63. The molecule has 0 N–H and O–H groups in total. The fraction of sp³-hybridized carbons (Fsp3) is 0.200. The van der Waals surface area contributed by atoms with E-state index in [-0.39, 0.29) is 0 Å². The van der Waals surface area contributed by atoms with Crippen LogP contribution in [0.2, 0.25) is 0 Å². The number of benzene rings is 2. The third-order valence-electron chi connectivity index (χ3n) is 3.54. The van der Waals surface area contributed by atoms with Gasteiger partial charge in [0.1, 0.15) is 0 Å². The molecular formula is C15H15PSe. The van der Waals surface area contributed by atoms with Crippen molar-refractivity contribution >= 4 is 31.2 Å². The maximum absolute atomic E-state index is 3.58. The Morgan fingerprint density at radius 1 is 0.824 bits per heavy atom. The van der Waals surface area contributed by atoms with Gasteiger partial charge in [0.05, 0.1) is 0 Å². The number of fused-ring (bicyclic) bond motifs is 3. The van der Waals surface area contributed by atoms with E-state index in [0.717, 1.165) is 0 Å². The normalized spacial score (nSPS) is 15.7. The molecule has 0 bridgehead atoms. The summed E-state index contributed by atoms with van der Waals surface area (Å²) in [5.74, 6) is 0. The molecule has 3 rings (SSSR count). The van der Waals surface area contributed by atoms with Crippen molar-refractivity contribution in [1.29, 1.82) is 0 Å². The summed E-state index contributed by atoms with van der Waals surface area (Å²) in [6.07, 6.45) is 0. The van der Waals surface area contributed by atoms with Gasteiger partial charge in [-0.3, -0.25) is 0 Å². The van der Waals surface area contributed by atoms with Crippen LogP contribution in [-0.2, 0) is 0 Å². The molecule has 1 heterocycles. The van der Waals surface area contributed by atoms with Gasteiger partial charge in [-0.2, -0.15) is 0 Å². The molecule has 1 aliphatic heterocycles. The van der Waals surface area contributed by atoms with E-state index in [1.54, 1.807) is 0 Å². The summed E-state index contributed by atoms with van der Waals surface area (Å²) in [5.41, 5.74) is 2.23. The molecule has 0 aliphatic carbocycles. The first kappa shape index (κ1) is 11.5. The Morgan fingerprint density at radius 2 is 1.24 bits per heavy atom. The molecule has 0 spiro atoms. The van der Waals surface area contributed by atoms with Crippen LogP contribution in [0.5, 0.6) is 0 Å². The van der Waals surface area contributed by atoms with E-state index in [4.69, 9.17) is 0 Å². The molecule has 0 aromatic heterocycles. The van der Waals surface area contributed by atoms with Crippen LogP contribution < -0.4 is 10.6 Å². The summed E-state index contributed by atoms with van der Waals surface area (Å²) >= 11 is 3.58. The third kappa shape index (κ3) is 1.47. The van der Waals surface area contributed by atoms with Crippen LogP contribution in [0.1, 0.15) is 13.8 Å². The van der Waals surface area contributed by atoms with E-state index >= 15 is 0 Å². The zero-order valence-electron chi connectivity index (χ0n) is 10.1. The summed E-state index contributed by atoms with van der Waals surface area (Å²) < 4.78 is 0. The van der Waals surface area contributed by atoms with Crippen LogP contribution in [0.25, 0.3) is 11.1 Å². The summed E-state index contributed by atoms with van der Waals surface area (Å²) in [6.45, 7) is 4.67. The molecule has 86 valence electrons. The number of hydrogen-bond acceptors (Lipinski definition) is 0. The first-order chi connectivity index (χ1) is 8.15. The zero-order chi connectivity index (χ0) is 12.0. The van der Waals surface area contributed by atoms with Gasteiger partial charge >= 0.3 is 110 Å². The van der Waals surface area contributed by atoms with E-state index in [0.29, 0.717) is 5.66 Å². The van der Waals surface area contributed by atoms with Crippen molar-refractivity contribution in [1.82, 2.24) is 0 Å². The molecule has 0 unspecified atom stereocenters. The SMILES string of the molecule is CC(C)P1(=[Se])c2ccccc2-c2ccccc21. The van der Waals surface area contributed by atoms with E-state index in [9.17, 15) is 0 Å². The predicted molar refractivity (Wildman–Crippen MR) is 79.0 cm³/mol. The third-order valence-corrected chi connectivity index (χ3v) is 12.3. The fourth-order valence-electron chi connectivity index (χ4n) is 2.67. The van der Waals surface area contributed by atoms with Gasteiger partial charge in [0.25, 0.3) is 0 Å². The van der Waals surface area contributed by atoms with Gasteiger partial charge in [-0.05, 0) is 0 Å². The molecule has 0 radical (unpaired) electrons. The molecule has 1 aliphatic rings. The van der Waals surface area contributed by atoms with Crippen molar-refractivity contribution < 1.29 is 0 Å². The van der Waals surface area contributed by atoms with Gasteiger partial charge in [0.15, 0.2) is 0 Å². The molecule has 17 heavy (non-hydrogen) atoms. The summed E-state index contributed by atoms with van der Waals surface area (Å²) in [5, 5.41) is 3.08. The molecule has 2 aromatic carbocycles. The molecule has 0 saturated carbocycles. The van der Waals surface area contributed by atoms with Gasteiger partial charge in [0.2, 0.25) is 0 Å². The van der Waals surface area contributed by atoms with Crippen molar-refractivity contribution in [3.8, 4) is 11.1 Å². The van der Waals surface area contributed by atoms with Crippen LogP contribution in [-0.4, -0.2) is 20.8 Å². The van der Waals surface area contributed by atoms with Gasteiger partial charge in [-0.1, -0.05) is 0 Å². The zero-order valence-corrected chi connectivity index (χ0v) is 12.7. The fourth-order valence-corrected chi connectivity index (χ4v) is 7.77. The number of hydrogen-bond donors (Lipinski definition) is 0. The quantitative estimate of drug-likeness (QED) is 0.561. The average molecular weight is 305 g/mol. The first-order valence-corrected chi connectivity index (χ1v) is 10.0. The van der Waals surface area contributed by atoms with Crippen LogP contribution >= 0.6 is 5.51 Å². The second kappa shape index (κ2) is 3.95. The molecule has 0 atom stereocenters. The van der Waals surface area contributed by atoms with Crippen molar-refractivity contribution in [2.24, 2.45) is 0 Å². The van der Waals surface area contributed by atoms with Crippen LogP contribution in [0.4, 0.5) is 0 Å². The van der Waals surface area contributed by atoms with Gasteiger partial charge in [0, 0.05) is 0 Å². The monoisotopic (exact) mass is 306 g/mol. The van der Waals surface area contributed by atoms with Crippen LogP contribution in [0.15, 0.2) is 48.5 Å².